The zero-order valence-electron chi connectivity index (χ0n) is 14.3. The molecule has 4 nitrogen and oxygen atoms in total. The van der Waals surface area contributed by atoms with Crippen molar-refractivity contribution in [1.82, 2.24) is 10.2 Å². The Labute approximate surface area is 138 Å². The molecule has 1 aliphatic rings. The van der Waals surface area contributed by atoms with Crippen LogP contribution in [0.5, 0.6) is 0 Å². The topological polar surface area (TPSA) is 58.4 Å². The number of nitrogens with one attached hydrogen (secondary N) is 1. The summed E-state index contributed by atoms with van der Waals surface area (Å²) in [4.78, 5) is 14.5. The summed E-state index contributed by atoms with van der Waals surface area (Å²) in [5.41, 5.74) is 6.72. The summed E-state index contributed by atoms with van der Waals surface area (Å²) in [5, 5.41) is 3.02. The van der Waals surface area contributed by atoms with Gasteiger partial charge in [-0.15, -0.1) is 0 Å². The molecular formula is C18H28FN3O. The van der Waals surface area contributed by atoms with Gasteiger partial charge in [-0.2, -0.15) is 0 Å². The largest absolute Gasteiger partial charge is 0.354 e. The van der Waals surface area contributed by atoms with Crippen LogP contribution in [-0.4, -0.2) is 37.0 Å². The first kappa shape index (κ1) is 17.9. The highest BCUT2D eigenvalue weighted by Gasteiger charge is 2.37. The second kappa shape index (κ2) is 7.41. The van der Waals surface area contributed by atoms with Gasteiger partial charge in [-0.1, -0.05) is 25.0 Å². The second-order valence-corrected chi connectivity index (χ2v) is 7.08. The first-order valence-corrected chi connectivity index (χ1v) is 8.30. The number of carbonyl (C=O) groups is 1. The Morgan fingerprint density at radius 1 is 1.48 bits per heavy atom. The lowest BCUT2D eigenvalue weighted by Crippen LogP contribution is -2.53. The Morgan fingerprint density at radius 2 is 2.22 bits per heavy atom. The Balaban J connectivity index is 2.03. The SMILES string of the molecule is CN(C)C(CNC(=O)C1CCCCC1(C)N)c1cccc(F)c1. The Kier molecular flexibility index (Phi) is 5.76. The van der Waals surface area contributed by atoms with Crippen LogP contribution in [0.2, 0.25) is 0 Å². The zero-order chi connectivity index (χ0) is 17.0. The molecule has 1 saturated carbocycles. The quantitative estimate of drug-likeness (QED) is 0.876. The van der Waals surface area contributed by atoms with Gasteiger partial charge in [0.25, 0.3) is 0 Å². The van der Waals surface area contributed by atoms with Gasteiger partial charge in [-0.3, -0.25) is 4.79 Å². The highest BCUT2D eigenvalue weighted by atomic mass is 19.1. The van der Waals surface area contributed by atoms with Crippen LogP contribution >= 0.6 is 0 Å². The summed E-state index contributed by atoms with van der Waals surface area (Å²) in [6.07, 6.45) is 3.85. The maximum absolute atomic E-state index is 13.5. The highest BCUT2D eigenvalue weighted by molar-refractivity contribution is 5.80. The lowest BCUT2D eigenvalue weighted by molar-refractivity contribution is -0.128. The van der Waals surface area contributed by atoms with Crippen LogP contribution in [0.4, 0.5) is 4.39 Å². The van der Waals surface area contributed by atoms with E-state index in [4.69, 9.17) is 5.73 Å². The summed E-state index contributed by atoms with van der Waals surface area (Å²) in [7, 11) is 3.85. The number of nitrogens with two attached hydrogens (primary N) is 1. The highest BCUT2D eigenvalue weighted by Crippen LogP contribution is 2.31. The molecule has 1 aromatic carbocycles. The summed E-state index contributed by atoms with van der Waals surface area (Å²) < 4.78 is 13.5. The van der Waals surface area contributed by atoms with E-state index in [1.807, 2.05) is 32.0 Å². The average Bonchev–Trinajstić information content (AvgIpc) is 2.46. The normalized spacial score (nSPS) is 26.1. The number of benzene rings is 1. The second-order valence-electron chi connectivity index (χ2n) is 7.08. The van der Waals surface area contributed by atoms with Crippen molar-refractivity contribution in [1.29, 1.82) is 0 Å². The minimum absolute atomic E-state index is 0.0120. The fourth-order valence-corrected chi connectivity index (χ4v) is 3.42. The molecule has 3 N–H and O–H groups in total. The molecule has 23 heavy (non-hydrogen) atoms. The van der Waals surface area contributed by atoms with Crippen LogP contribution in [-0.2, 0) is 4.79 Å². The van der Waals surface area contributed by atoms with Crippen LogP contribution in [0.1, 0.15) is 44.2 Å². The van der Waals surface area contributed by atoms with E-state index in [0.717, 1.165) is 31.2 Å². The first-order chi connectivity index (χ1) is 10.8. The van der Waals surface area contributed by atoms with Crippen LogP contribution < -0.4 is 11.1 Å². The van der Waals surface area contributed by atoms with Crippen LogP contribution in [0, 0.1) is 11.7 Å². The maximum atomic E-state index is 13.5. The Bertz CT molecular complexity index is 545. The van der Waals surface area contributed by atoms with E-state index in [-0.39, 0.29) is 23.7 Å². The predicted octanol–water partition coefficient (Wildman–Crippen LogP) is 2.45. The van der Waals surface area contributed by atoms with Crippen LogP contribution in [0.15, 0.2) is 24.3 Å². The Morgan fingerprint density at radius 3 is 2.83 bits per heavy atom. The molecule has 1 amide bonds. The smallest absolute Gasteiger partial charge is 0.225 e. The minimum atomic E-state index is -0.436. The number of rotatable bonds is 5. The number of halogens is 1. The monoisotopic (exact) mass is 321 g/mol. The van der Waals surface area contributed by atoms with Gasteiger partial charge < -0.3 is 16.0 Å². The first-order valence-electron chi connectivity index (χ1n) is 8.30. The van der Waals surface area contributed by atoms with E-state index < -0.39 is 5.54 Å². The molecule has 0 heterocycles. The molecule has 0 aliphatic heterocycles. The van der Waals surface area contributed by atoms with Crippen molar-refractivity contribution >= 4 is 5.91 Å². The van der Waals surface area contributed by atoms with Crippen molar-refractivity contribution in [2.45, 2.75) is 44.2 Å². The average molecular weight is 321 g/mol. The molecule has 0 spiro atoms. The van der Waals surface area contributed by atoms with Gasteiger partial charge in [-0.05, 0) is 51.6 Å². The van der Waals surface area contributed by atoms with Crippen molar-refractivity contribution < 1.29 is 9.18 Å². The molecular weight excluding hydrogens is 293 g/mol. The molecule has 3 atom stereocenters. The number of likely N-dealkylation sites (N-methyl/N-ethyl adjacent to an activating group) is 1. The molecule has 0 saturated heterocycles. The van der Waals surface area contributed by atoms with Gasteiger partial charge in [0.15, 0.2) is 0 Å². The zero-order valence-corrected chi connectivity index (χ0v) is 14.3. The molecule has 3 unspecified atom stereocenters. The van der Waals surface area contributed by atoms with E-state index in [1.54, 1.807) is 6.07 Å². The van der Waals surface area contributed by atoms with Gasteiger partial charge in [0, 0.05) is 12.1 Å². The van der Waals surface area contributed by atoms with Gasteiger partial charge in [0.1, 0.15) is 5.82 Å². The summed E-state index contributed by atoms with van der Waals surface area (Å²) in [6.45, 7) is 2.41. The van der Waals surface area contributed by atoms with E-state index in [9.17, 15) is 9.18 Å². The summed E-state index contributed by atoms with van der Waals surface area (Å²) >= 11 is 0. The number of hydrogen-bond donors (Lipinski definition) is 2. The Hall–Kier alpha value is -1.46. The molecule has 1 fully saturated rings. The molecule has 0 bridgehead atoms. The van der Waals surface area contributed by atoms with Crippen molar-refractivity contribution in [3.63, 3.8) is 0 Å². The van der Waals surface area contributed by atoms with Gasteiger partial charge >= 0.3 is 0 Å². The lowest BCUT2D eigenvalue weighted by Gasteiger charge is -2.37. The number of nitrogens with zero attached hydrogens (tertiary/aromatic N) is 1. The van der Waals surface area contributed by atoms with Crippen LogP contribution in [0.3, 0.4) is 0 Å². The van der Waals surface area contributed by atoms with Crippen molar-refractivity contribution in [2.24, 2.45) is 11.7 Å². The van der Waals surface area contributed by atoms with Gasteiger partial charge in [0.05, 0.1) is 12.0 Å². The van der Waals surface area contributed by atoms with Crippen LogP contribution in [0.25, 0.3) is 0 Å². The molecule has 1 aromatic rings. The van der Waals surface area contributed by atoms with E-state index >= 15 is 0 Å². The van der Waals surface area contributed by atoms with E-state index in [0.29, 0.717) is 6.54 Å². The minimum Gasteiger partial charge on any atom is -0.354 e. The number of amides is 1. The van der Waals surface area contributed by atoms with E-state index in [1.165, 1.54) is 12.1 Å². The molecule has 0 radical (unpaired) electrons. The summed E-state index contributed by atoms with van der Waals surface area (Å²) in [6, 6.07) is 6.46. The lowest BCUT2D eigenvalue weighted by atomic mass is 9.74. The standard InChI is InChI=1S/C18H28FN3O/c1-18(20)10-5-4-9-15(18)17(23)21-12-16(22(2)3)13-7-6-8-14(19)11-13/h6-8,11,15-16H,4-5,9-10,12,20H2,1-3H3,(H,21,23). The maximum Gasteiger partial charge on any atom is 0.225 e. The predicted molar refractivity (Wildman–Crippen MR) is 90.4 cm³/mol. The van der Waals surface area contributed by atoms with Gasteiger partial charge in [-0.25, -0.2) is 4.39 Å². The number of carbonyl (C=O) groups excluding carboxylic acids is 1. The molecule has 128 valence electrons. The fraction of sp³-hybridized carbons (Fsp3) is 0.611. The van der Waals surface area contributed by atoms with Gasteiger partial charge in [0.2, 0.25) is 5.91 Å². The van der Waals surface area contributed by atoms with E-state index in [2.05, 4.69) is 5.32 Å². The molecule has 1 aliphatic carbocycles. The van der Waals surface area contributed by atoms with Crippen molar-refractivity contribution in [3.05, 3.63) is 35.6 Å². The van der Waals surface area contributed by atoms with Crippen molar-refractivity contribution in [2.75, 3.05) is 20.6 Å². The number of hydrogen-bond acceptors (Lipinski definition) is 3. The summed E-state index contributed by atoms with van der Waals surface area (Å²) in [5.74, 6) is -0.396. The molecule has 2 rings (SSSR count). The fourth-order valence-electron chi connectivity index (χ4n) is 3.42. The molecule has 0 aromatic heterocycles. The third kappa shape index (κ3) is 4.52. The third-order valence-electron chi connectivity index (χ3n) is 4.90. The third-order valence-corrected chi connectivity index (χ3v) is 4.90. The van der Waals surface area contributed by atoms with Crippen molar-refractivity contribution in [3.8, 4) is 0 Å². The molecule has 5 heteroatoms.